The second-order valence-corrected chi connectivity index (χ2v) is 7.84. The lowest BCUT2D eigenvalue weighted by atomic mass is 10.1. The highest BCUT2D eigenvalue weighted by atomic mass is 16.2. The number of hydrogen-bond donors (Lipinski definition) is 1. The van der Waals surface area contributed by atoms with Gasteiger partial charge >= 0.3 is 0 Å². The van der Waals surface area contributed by atoms with E-state index in [2.05, 4.69) is 40.6 Å². The molecule has 7 nitrogen and oxygen atoms in total. The van der Waals surface area contributed by atoms with E-state index in [1.165, 1.54) is 0 Å². The Hall–Kier alpha value is -2.41. The van der Waals surface area contributed by atoms with Gasteiger partial charge in [-0.3, -0.25) is 4.79 Å². The molecule has 0 spiro atoms. The van der Waals surface area contributed by atoms with Crippen molar-refractivity contribution in [2.45, 2.75) is 32.7 Å². The standard InChI is InChI=1S/C20H28N6O/c1-14-12-24(3)17-6-4-5-7-18(17)25(13-14)20(27)19-15(2)26(23-22-19)16-8-10-21-11-9-16/h4-7,14,16,21H,8-13H2,1-3H3/t14-/m1/s1. The van der Waals surface area contributed by atoms with Gasteiger partial charge in [-0.05, 0) is 50.9 Å². The number of carbonyl (C=O) groups excluding carboxylic acids is 1. The van der Waals surface area contributed by atoms with Gasteiger partial charge < -0.3 is 15.1 Å². The van der Waals surface area contributed by atoms with Crippen molar-refractivity contribution < 1.29 is 4.79 Å². The highest BCUT2D eigenvalue weighted by Gasteiger charge is 2.31. The van der Waals surface area contributed by atoms with Gasteiger partial charge in [-0.25, -0.2) is 4.68 Å². The number of aromatic nitrogens is 3. The number of para-hydroxylation sites is 2. The van der Waals surface area contributed by atoms with E-state index in [9.17, 15) is 4.79 Å². The Labute approximate surface area is 160 Å². The minimum absolute atomic E-state index is 0.0534. The maximum absolute atomic E-state index is 13.5. The Balaban J connectivity index is 1.68. The summed E-state index contributed by atoms with van der Waals surface area (Å²) >= 11 is 0. The van der Waals surface area contributed by atoms with Crippen LogP contribution in [0.3, 0.4) is 0 Å². The molecular weight excluding hydrogens is 340 g/mol. The van der Waals surface area contributed by atoms with Gasteiger partial charge in [0.2, 0.25) is 0 Å². The highest BCUT2D eigenvalue weighted by molar-refractivity contribution is 6.07. The number of rotatable bonds is 2. The van der Waals surface area contributed by atoms with Gasteiger partial charge in [0.05, 0.1) is 23.1 Å². The zero-order valence-corrected chi connectivity index (χ0v) is 16.4. The largest absolute Gasteiger partial charge is 0.373 e. The summed E-state index contributed by atoms with van der Waals surface area (Å²) in [6, 6.07) is 8.43. The minimum Gasteiger partial charge on any atom is -0.373 e. The first kappa shape index (κ1) is 18.0. The maximum atomic E-state index is 13.5. The number of fused-ring (bicyclic) bond motifs is 1. The summed E-state index contributed by atoms with van der Waals surface area (Å²) in [5.41, 5.74) is 3.37. The fraction of sp³-hybridized carbons (Fsp3) is 0.550. The first-order valence-electron chi connectivity index (χ1n) is 9.80. The molecule has 1 aromatic heterocycles. The van der Waals surface area contributed by atoms with Gasteiger partial charge in [0.25, 0.3) is 5.91 Å². The molecule has 1 amide bonds. The van der Waals surface area contributed by atoms with E-state index in [0.29, 0.717) is 24.2 Å². The molecule has 1 fully saturated rings. The molecule has 1 saturated heterocycles. The smallest absolute Gasteiger partial charge is 0.280 e. The number of benzene rings is 1. The zero-order chi connectivity index (χ0) is 19.0. The fourth-order valence-electron chi connectivity index (χ4n) is 4.31. The third-order valence-electron chi connectivity index (χ3n) is 5.69. The number of nitrogens with zero attached hydrogens (tertiary/aromatic N) is 5. The molecule has 0 unspecified atom stereocenters. The van der Waals surface area contributed by atoms with E-state index < -0.39 is 0 Å². The predicted molar refractivity (Wildman–Crippen MR) is 106 cm³/mol. The molecule has 3 heterocycles. The number of nitrogens with one attached hydrogen (secondary N) is 1. The van der Waals surface area contributed by atoms with Crippen molar-refractivity contribution in [2.75, 3.05) is 43.0 Å². The van der Waals surface area contributed by atoms with Gasteiger partial charge in [0, 0.05) is 20.1 Å². The van der Waals surface area contributed by atoms with E-state index in [1.807, 2.05) is 34.7 Å². The summed E-state index contributed by atoms with van der Waals surface area (Å²) in [5, 5.41) is 12.0. The molecule has 4 rings (SSSR count). The number of anilines is 2. The summed E-state index contributed by atoms with van der Waals surface area (Å²) in [6.45, 7) is 7.71. The zero-order valence-electron chi connectivity index (χ0n) is 16.4. The molecule has 0 bridgehead atoms. The maximum Gasteiger partial charge on any atom is 0.280 e. The molecule has 1 N–H and O–H groups in total. The quantitative estimate of drug-likeness (QED) is 0.881. The van der Waals surface area contributed by atoms with Crippen LogP contribution in [-0.4, -0.2) is 54.1 Å². The van der Waals surface area contributed by atoms with Crippen LogP contribution in [0.1, 0.15) is 42.0 Å². The first-order valence-corrected chi connectivity index (χ1v) is 9.80. The lowest BCUT2D eigenvalue weighted by Crippen LogP contribution is -2.35. The molecule has 7 heteroatoms. The Morgan fingerprint density at radius 1 is 1.15 bits per heavy atom. The van der Waals surface area contributed by atoms with E-state index in [4.69, 9.17) is 0 Å². The average Bonchev–Trinajstić information content (AvgIpc) is 3.01. The fourth-order valence-corrected chi connectivity index (χ4v) is 4.31. The van der Waals surface area contributed by atoms with Crippen LogP contribution in [0.4, 0.5) is 11.4 Å². The van der Waals surface area contributed by atoms with Crippen LogP contribution in [0.5, 0.6) is 0 Å². The van der Waals surface area contributed by atoms with Crippen LogP contribution in [0.25, 0.3) is 0 Å². The minimum atomic E-state index is -0.0534. The van der Waals surface area contributed by atoms with Gasteiger partial charge in [0.15, 0.2) is 5.69 Å². The Morgan fingerprint density at radius 3 is 2.59 bits per heavy atom. The van der Waals surface area contributed by atoms with E-state index in [1.54, 1.807) is 0 Å². The topological polar surface area (TPSA) is 66.3 Å². The van der Waals surface area contributed by atoms with E-state index >= 15 is 0 Å². The molecule has 1 aromatic carbocycles. The SMILES string of the molecule is Cc1c(C(=O)N2C[C@H](C)CN(C)c3ccccc32)nnn1C1CCNCC1. The molecular formula is C20H28N6O. The highest BCUT2D eigenvalue weighted by Crippen LogP contribution is 2.33. The summed E-state index contributed by atoms with van der Waals surface area (Å²) in [7, 11) is 2.09. The molecule has 2 aromatic rings. The molecule has 27 heavy (non-hydrogen) atoms. The molecule has 0 saturated carbocycles. The predicted octanol–water partition coefficient (Wildman–Crippen LogP) is 2.24. The third kappa shape index (κ3) is 3.32. The lowest BCUT2D eigenvalue weighted by molar-refractivity contribution is 0.0978. The third-order valence-corrected chi connectivity index (χ3v) is 5.69. The second kappa shape index (κ2) is 7.31. The van der Waals surface area contributed by atoms with Crippen LogP contribution in [0, 0.1) is 12.8 Å². The number of piperidine rings is 1. The molecule has 1 atom stereocenters. The van der Waals surface area contributed by atoms with Crippen LogP contribution in [0.2, 0.25) is 0 Å². The molecule has 0 radical (unpaired) electrons. The van der Waals surface area contributed by atoms with Crippen LogP contribution in [0.15, 0.2) is 24.3 Å². The number of carbonyl (C=O) groups is 1. The van der Waals surface area contributed by atoms with Crippen LogP contribution in [-0.2, 0) is 0 Å². The average molecular weight is 368 g/mol. The summed E-state index contributed by atoms with van der Waals surface area (Å²) in [6.07, 6.45) is 2.04. The second-order valence-electron chi connectivity index (χ2n) is 7.84. The van der Waals surface area contributed by atoms with Crippen LogP contribution >= 0.6 is 0 Å². The molecule has 144 valence electrons. The summed E-state index contributed by atoms with van der Waals surface area (Å²) < 4.78 is 1.95. The van der Waals surface area contributed by atoms with Crippen molar-refractivity contribution in [2.24, 2.45) is 5.92 Å². The van der Waals surface area contributed by atoms with Crippen molar-refractivity contribution in [3.63, 3.8) is 0 Å². The Kier molecular flexibility index (Phi) is 4.86. The molecule has 2 aliphatic heterocycles. The van der Waals surface area contributed by atoms with Gasteiger partial charge in [0.1, 0.15) is 0 Å². The van der Waals surface area contributed by atoms with Crippen molar-refractivity contribution in [3.8, 4) is 0 Å². The number of hydrogen-bond acceptors (Lipinski definition) is 5. The Bertz CT molecular complexity index is 826. The van der Waals surface area contributed by atoms with Gasteiger partial charge in [-0.2, -0.15) is 0 Å². The van der Waals surface area contributed by atoms with Crippen molar-refractivity contribution >= 4 is 17.3 Å². The van der Waals surface area contributed by atoms with Gasteiger partial charge in [-0.15, -0.1) is 5.10 Å². The van der Waals surface area contributed by atoms with Crippen molar-refractivity contribution in [1.29, 1.82) is 0 Å². The van der Waals surface area contributed by atoms with Crippen molar-refractivity contribution in [1.82, 2.24) is 20.3 Å². The number of amides is 1. The monoisotopic (exact) mass is 368 g/mol. The van der Waals surface area contributed by atoms with Crippen LogP contribution < -0.4 is 15.1 Å². The van der Waals surface area contributed by atoms with Gasteiger partial charge in [-0.1, -0.05) is 24.3 Å². The normalized spacial score (nSPS) is 21.1. The summed E-state index contributed by atoms with van der Waals surface area (Å²) in [5.74, 6) is 0.313. The summed E-state index contributed by atoms with van der Waals surface area (Å²) in [4.78, 5) is 17.6. The molecule has 0 aliphatic carbocycles. The molecule has 2 aliphatic rings. The van der Waals surface area contributed by atoms with E-state index in [0.717, 1.165) is 49.5 Å². The van der Waals surface area contributed by atoms with E-state index in [-0.39, 0.29) is 5.91 Å². The lowest BCUT2D eigenvalue weighted by Gasteiger charge is -2.25. The van der Waals surface area contributed by atoms with Crippen molar-refractivity contribution in [3.05, 3.63) is 35.7 Å². The Morgan fingerprint density at radius 2 is 1.85 bits per heavy atom. The first-order chi connectivity index (χ1) is 13.1.